The van der Waals surface area contributed by atoms with E-state index in [-0.39, 0.29) is 0 Å². The van der Waals surface area contributed by atoms with Crippen molar-refractivity contribution in [1.29, 1.82) is 0 Å². The summed E-state index contributed by atoms with van der Waals surface area (Å²) in [4.78, 5) is 2.74. The molecule has 2 atom stereocenters. The first kappa shape index (κ1) is 17.0. The molecule has 0 radical (unpaired) electrons. The first-order valence-electron chi connectivity index (χ1n) is 8.56. The predicted octanol–water partition coefficient (Wildman–Crippen LogP) is 3.91. The molecule has 0 amide bonds. The molecule has 0 aromatic heterocycles. The van der Waals surface area contributed by atoms with Crippen LogP contribution in [-0.2, 0) is 0 Å². The van der Waals surface area contributed by atoms with Gasteiger partial charge in [0.05, 0.1) is 0 Å². The monoisotopic (exact) mass is 268 g/mol. The van der Waals surface area contributed by atoms with Gasteiger partial charge in [-0.25, -0.2) is 0 Å². The van der Waals surface area contributed by atoms with Gasteiger partial charge in [0, 0.05) is 19.6 Å². The van der Waals surface area contributed by atoms with Crippen molar-refractivity contribution >= 4 is 0 Å². The Morgan fingerprint density at radius 1 is 1.21 bits per heavy atom. The first-order valence-corrected chi connectivity index (χ1v) is 8.56. The van der Waals surface area contributed by atoms with Crippen LogP contribution in [0.2, 0.25) is 0 Å². The summed E-state index contributed by atoms with van der Waals surface area (Å²) in [5.74, 6) is 0.947. The van der Waals surface area contributed by atoms with Gasteiger partial charge in [-0.2, -0.15) is 0 Å². The molecule has 0 aliphatic carbocycles. The van der Waals surface area contributed by atoms with Crippen molar-refractivity contribution < 1.29 is 0 Å². The van der Waals surface area contributed by atoms with Crippen molar-refractivity contribution in [2.45, 2.75) is 66.2 Å². The number of hydrogen-bond donors (Lipinski definition) is 1. The molecule has 0 aromatic rings. The maximum absolute atomic E-state index is 3.65. The zero-order valence-corrected chi connectivity index (χ0v) is 13.8. The number of hydrogen-bond acceptors (Lipinski definition) is 2. The molecule has 2 unspecified atom stereocenters. The third-order valence-electron chi connectivity index (χ3n) is 4.62. The molecule has 1 N–H and O–H groups in total. The summed E-state index contributed by atoms with van der Waals surface area (Å²) in [6.45, 7) is 15.7. The molecule has 1 saturated heterocycles. The highest BCUT2D eigenvalue weighted by molar-refractivity contribution is 4.83. The minimum atomic E-state index is 0.458. The molecule has 0 saturated carbocycles. The van der Waals surface area contributed by atoms with Gasteiger partial charge >= 0.3 is 0 Å². The molecule has 114 valence electrons. The summed E-state index contributed by atoms with van der Waals surface area (Å²) in [5, 5.41) is 3.65. The normalized spacial score (nSPS) is 24.3. The van der Waals surface area contributed by atoms with Gasteiger partial charge in [-0.1, -0.05) is 40.5 Å². The van der Waals surface area contributed by atoms with E-state index in [4.69, 9.17) is 0 Å². The third-order valence-corrected chi connectivity index (χ3v) is 4.62. The summed E-state index contributed by atoms with van der Waals surface area (Å²) < 4.78 is 0. The number of nitrogens with zero attached hydrogens (tertiary/aromatic N) is 1. The van der Waals surface area contributed by atoms with Crippen LogP contribution >= 0.6 is 0 Å². The van der Waals surface area contributed by atoms with Gasteiger partial charge in [0.2, 0.25) is 0 Å². The van der Waals surface area contributed by atoms with Crippen LogP contribution < -0.4 is 5.32 Å². The standard InChI is InChI=1S/C17H36N2/c1-5-10-17(4,14-18-11-6-2)15-19-12-8-9-16(7-3)13-19/h16,18H,5-15H2,1-4H3. The number of piperidine rings is 1. The van der Waals surface area contributed by atoms with Crippen LogP contribution in [0, 0.1) is 11.3 Å². The van der Waals surface area contributed by atoms with Crippen molar-refractivity contribution in [2.24, 2.45) is 11.3 Å². The molecule has 0 aromatic carbocycles. The SMILES string of the molecule is CCCNCC(C)(CCC)CN1CCCC(CC)C1. The molecule has 19 heavy (non-hydrogen) atoms. The summed E-state index contributed by atoms with van der Waals surface area (Å²) in [7, 11) is 0. The lowest BCUT2D eigenvalue weighted by Gasteiger charge is -2.40. The Morgan fingerprint density at radius 2 is 2.00 bits per heavy atom. The molecular weight excluding hydrogens is 232 g/mol. The van der Waals surface area contributed by atoms with E-state index < -0.39 is 0 Å². The lowest BCUT2D eigenvalue weighted by Crippen LogP contribution is -2.46. The fourth-order valence-electron chi connectivity index (χ4n) is 3.56. The molecule has 1 rings (SSSR count). The van der Waals surface area contributed by atoms with E-state index >= 15 is 0 Å². The molecule has 1 heterocycles. The first-order chi connectivity index (χ1) is 9.13. The Labute approximate surface area is 121 Å². The number of nitrogens with one attached hydrogen (secondary N) is 1. The van der Waals surface area contributed by atoms with E-state index in [9.17, 15) is 0 Å². The minimum absolute atomic E-state index is 0.458. The Bertz CT molecular complexity index is 229. The van der Waals surface area contributed by atoms with Crippen LogP contribution in [-0.4, -0.2) is 37.6 Å². The van der Waals surface area contributed by atoms with Crippen LogP contribution in [0.5, 0.6) is 0 Å². The molecule has 1 aliphatic rings. The zero-order valence-electron chi connectivity index (χ0n) is 13.8. The maximum Gasteiger partial charge on any atom is 0.00476 e. The fraction of sp³-hybridized carbons (Fsp3) is 1.00. The highest BCUT2D eigenvalue weighted by atomic mass is 15.1. The van der Waals surface area contributed by atoms with Crippen molar-refractivity contribution in [2.75, 3.05) is 32.7 Å². The minimum Gasteiger partial charge on any atom is -0.316 e. The highest BCUT2D eigenvalue weighted by Gasteiger charge is 2.28. The average Bonchev–Trinajstić information content (AvgIpc) is 2.39. The van der Waals surface area contributed by atoms with Crippen molar-refractivity contribution in [3.8, 4) is 0 Å². The predicted molar refractivity (Wildman–Crippen MR) is 85.6 cm³/mol. The van der Waals surface area contributed by atoms with Gasteiger partial charge < -0.3 is 10.2 Å². The smallest absolute Gasteiger partial charge is 0.00476 e. The Hall–Kier alpha value is -0.0800. The second kappa shape index (κ2) is 8.97. The van der Waals surface area contributed by atoms with Gasteiger partial charge in [0.15, 0.2) is 0 Å². The summed E-state index contributed by atoms with van der Waals surface area (Å²) in [5.41, 5.74) is 0.458. The number of likely N-dealkylation sites (tertiary alicyclic amines) is 1. The van der Waals surface area contributed by atoms with Gasteiger partial charge in [-0.3, -0.25) is 0 Å². The Kier molecular flexibility index (Phi) is 8.01. The van der Waals surface area contributed by atoms with Crippen molar-refractivity contribution in [1.82, 2.24) is 10.2 Å². The maximum atomic E-state index is 3.65. The quantitative estimate of drug-likeness (QED) is 0.638. The van der Waals surface area contributed by atoms with E-state index in [0.29, 0.717) is 5.41 Å². The van der Waals surface area contributed by atoms with E-state index in [1.165, 1.54) is 64.7 Å². The Balaban J connectivity index is 2.46. The molecule has 2 heteroatoms. The van der Waals surface area contributed by atoms with Crippen LogP contribution in [0.15, 0.2) is 0 Å². The molecule has 0 spiro atoms. The summed E-state index contributed by atoms with van der Waals surface area (Å²) >= 11 is 0. The third kappa shape index (κ3) is 6.27. The lowest BCUT2D eigenvalue weighted by atomic mass is 9.83. The van der Waals surface area contributed by atoms with E-state index in [0.717, 1.165) is 12.5 Å². The van der Waals surface area contributed by atoms with Crippen LogP contribution in [0.4, 0.5) is 0 Å². The van der Waals surface area contributed by atoms with E-state index in [1.807, 2.05) is 0 Å². The Morgan fingerprint density at radius 3 is 2.63 bits per heavy atom. The van der Waals surface area contributed by atoms with Gasteiger partial charge in [-0.15, -0.1) is 0 Å². The van der Waals surface area contributed by atoms with Crippen molar-refractivity contribution in [3.63, 3.8) is 0 Å². The van der Waals surface area contributed by atoms with Gasteiger partial charge in [-0.05, 0) is 50.1 Å². The van der Waals surface area contributed by atoms with Crippen LogP contribution in [0.1, 0.15) is 66.2 Å². The largest absolute Gasteiger partial charge is 0.316 e. The fourth-order valence-corrected chi connectivity index (χ4v) is 3.56. The van der Waals surface area contributed by atoms with E-state index in [2.05, 4.69) is 37.9 Å². The molecule has 1 fully saturated rings. The second-order valence-electron chi connectivity index (χ2n) is 6.89. The lowest BCUT2D eigenvalue weighted by molar-refractivity contribution is 0.103. The zero-order chi connectivity index (χ0) is 14.1. The van der Waals surface area contributed by atoms with Gasteiger partial charge in [0.1, 0.15) is 0 Å². The second-order valence-corrected chi connectivity index (χ2v) is 6.89. The molecule has 1 aliphatic heterocycles. The topological polar surface area (TPSA) is 15.3 Å². The summed E-state index contributed by atoms with van der Waals surface area (Å²) in [6, 6.07) is 0. The van der Waals surface area contributed by atoms with Crippen molar-refractivity contribution in [3.05, 3.63) is 0 Å². The van der Waals surface area contributed by atoms with Gasteiger partial charge in [0.25, 0.3) is 0 Å². The molecule has 2 nitrogen and oxygen atoms in total. The average molecular weight is 268 g/mol. The van der Waals surface area contributed by atoms with Crippen LogP contribution in [0.25, 0.3) is 0 Å². The highest BCUT2D eigenvalue weighted by Crippen LogP contribution is 2.27. The molecular formula is C17H36N2. The van der Waals surface area contributed by atoms with Crippen LogP contribution in [0.3, 0.4) is 0 Å². The number of rotatable bonds is 9. The molecule has 0 bridgehead atoms. The summed E-state index contributed by atoms with van der Waals surface area (Å²) in [6.07, 6.45) is 8.10. The van der Waals surface area contributed by atoms with E-state index in [1.54, 1.807) is 0 Å².